The lowest BCUT2D eigenvalue weighted by molar-refractivity contribution is -0.143. The van der Waals surface area contributed by atoms with Crippen LogP contribution in [0.5, 0.6) is 0 Å². The van der Waals surface area contributed by atoms with Gasteiger partial charge >= 0.3 is 5.97 Å². The molecule has 2 unspecified atom stereocenters. The van der Waals surface area contributed by atoms with Gasteiger partial charge < -0.3 is 20.3 Å². The summed E-state index contributed by atoms with van der Waals surface area (Å²) < 4.78 is 5.49. The Hall–Kier alpha value is -1.66. The Kier molecular flexibility index (Phi) is 57.5. The molecule has 3 N–H and O–H groups in total. The Morgan fingerprint density at radius 3 is 1.10 bits per heavy atom. The van der Waals surface area contributed by atoms with Crippen LogP contribution in [0, 0.1) is 0 Å². The highest BCUT2D eigenvalue weighted by atomic mass is 16.5. The zero-order chi connectivity index (χ0) is 50.0. The van der Waals surface area contributed by atoms with Gasteiger partial charge in [-0.2, -0.15) is 0 Å². The molecule has 0 heterocycles. The molecule has 0 aromatic heterocycles. The fourth-order valence-electron chi connectivity index (χ4n) is 9.73. The standard InChI is InChI=1S/C63H121NO5/c1-3-5-7-9-11-13-15-16-17-30-33-37-41-45-49-53-57-63(68)69-58-54-50-46-42-38-34-31-28-26-24-22-20-18-19-21-23-25-27-29-32-36-40-44-48-52-56-62(67)64-60(59-65)61(66)55-51-47-43-39-35-14-12-10-8-6-4-2/h19-22,60-61,65-66H,3-18,23-59H2,1-2H3,(H,64,67)/b21-19-,22-20-. The largest absolute Gasteiger partial charge is 0.466 e. The number of amides is 1. The third kappa shape index (κ3) is 55.5. The minimum Gasteiger partial charge on any atom is -0.466 e. The molecular weight excluding hydrogens is 851 g/mol. The van der Waals surface area contributed by atoms with Crippen molar-refractivity contribution in [2.45, 2.75) is 353 Å². The summed E-state index contributed by atoms with van der Waals surface area (Å²) in [6.07, 6.45) is 71.9. The number of aliphatic hydroxyl groups is 2. The van der Waals surface area contributed by atoms with Crippen molar-refractivity contribution in [3.8, 4) is 0 Å². The first kappa shape index (κ1) is 67.3. The van der Waals surface area contributed by atoms with Crippen LogP contribution in [0.25, 0.3) is 0 Å². The topological polar surface area (TPSA) is 95.9 Å². The second-order valence-electron chi connectivity index (χ2n) is 21.4. The van der Waals surface area contributed by atoms with Gasteiger partial charge in [-0.05, 0) is 57.8 Å². The lowest BCUT2D eigenvalue weighted by Crippen LogP contribution is -2.45. The lowest BCUT2D eigenvalue weighted by Gasteiger charge is -2.22. The zero-order valence-corrected chi connectivity index (χ0v) is 46.6. The number of nitrogens with one attached hydrogen (secondary N) is 1. The van der Waals surface area contributed by atoms with E-state index in [-0.39, 0.29) is 18.5 Å². The predicted molar refractivity (Wildman–Crippen MR) is 301 cm³/mol. The van der Waals surface area contributed by atoms with E-state index in [0.29, 0.717) is 25.9 Å². The number of allylic oxidation sites excluding steroid dienone is 4. The minimum absolute atomic E-state index is 0.0127. The van der Waals surface area contributed by atoms with E-state index in [1.807, 2.05) is 0 Å². The van der Waals surface area contributed by atoms with E-state index >= 15 is 0 Å². The number of unbranched alkanes of at least 4 members (excludes halogenated alkanes) is 43. The summed E-state index contributed by atoms with van der Waals surface area (Å²) in [6, 6.07) is -0.544. The number of hydrogen-bond donors (Lipinski definition) is 3. The minimum atomic E-state index is -0.666. The number of aliphatic hydroxyl groups excluding tert-OH is 2. The third-order valence-electron chi connectivity index (χ3n) is 14.5. The maximum Gasteiger partial charge on any atom is 0.305 e. The summed E-state index contributed by atoms with van der Waals surface area (Å²) in [5, 5.41) is 23.2. The van der Waals surface area contributed by atoms with Crippen LogP contribution >= 0.6 is 0 Å². The quantitative estimate of drug-likeness (QED) is 0.0321. The lowest BCUT2D eigenvalue weighted by atomic mass is 10.0. The van der Waals surface area contributed by atoms with Crippen LogP contribution in [0.2, 0.25) is 0 Å². The maximum atomic E-state index is 12.4. The molecule has 6 nitrogen and oxygen atoms in total. The Balaban J connectivity index is 3.40. The van der Waals surface area contributed by atoms with Crippen LogP contribution in [0.4, 0.5) is 0 Å². The third-order valence-corrected chi connectivity index (χ3v) is 14.5. The Bertz CT molecular complexity index is 1080. The van der Waals surface area contributed by atoms with Crippen molar-refractivity contribution in [1.29, 1.82) is 0 Å². The molecule has 0 aliphatic heterocycles. The van der Waals surface area contributed by atoms with Crippen LogP contribution in [0.3, 0.4) is 0 Å². The zero-order valence-electron chi connectivity index (χ0n) is 46.6. The van der Waals surface area contributed by atoms with Gasteiger partial charge in [-0.15, -0.1) is 0 Å². The van der Waals surface area contributed by atoms with Crippen LogP contribution in [0.15, 0.2) is 24.3 Å². The molecule has 0 aliphatic carbocycles. The fraction of sp³-hybridized carbons (Fsp3) is 0.905. The predicted octanol–water partition coefficient (Wildman–Crippen LogP) is 19.4. The van der Waals surface area contributed by atoms with E-state index < -0.39 is 12.1 Å². The highest BCUT2D eigenvalue weighted by molar-refractivity contribution is 5.76. The van der Waals surface area contributed by atoms with Crippen LogP contribution in [-0.4, -0.2) is 47.4 Å². The first-order valence-electron chi connectivity index (χ1n) is 31.1. The Labute approximate surface area is 431 Å². The van der Waals surface area contributed by atoms with E-state index in [1.54, 1.807) is 0 Å². The molecule has 2 atom stereocenters. The van der Waals surface area contributed by atoms with Crippen molar-refractivity contribution in [2.75, 3.05) is 13.2 Å². The van der Waals surface area contributed by atoms with Gasteiger partial charge in [0.1, 0.15) is 0 Å². The summed E-state index contributed by atoms with van der Waals surface area (Å²) in [4.78, 5) is 24.5. The summed E-state index contributed by atoms with van der Waals surface area (Å²) in [6.45, 7) is 4.96. The number of hydrogen-bond acceptors (Lipinski definition) is 5. The van der Waals surface area contributed by atoms with Crippen molar-refractivity contribution < 1.29 is 24.5 Å². The Morgan fingerprint density at radius 1 is 0.406 bits per heavy atom. The van der Waals surface area contributed by atoms with E-state index in [1.165, 1.54) is 263 Å². The summed E-state index contributed by atoms with van der Waals surface area (Å²) >= 11 is 0. The molecule has 1 amide bonds. The summed E-state index contributed by atoms with van der Waals surface area (Å²) in [7, 11) is 0. The molecular formula is C63H121NO5. The molecule has 0 radical (unpaired) electrons. The molecule has 0 spiro atoms. The molecule has 0 aromatic carbocycles. The second-order valence-corrected chi connectivity index (χ2v) is 21.4. The Morgan fingerprint density at radius 2 is 0.725 bits per heavy atom. The number of carbonyl (C=O) groups excluding carboxylic acids is 2. The molecule has 0 fully saturated rings. The molecule has 0 saturated carbocycles. The van der Waals surface area contributed by atoms with Gasteiger partial charge in [0.15, 0.2) is 0 Å². The average Bonchev–Trinajstić information content (AvgIpc) is 3.35. The van der Waals surface area contributed by atoms with Gasteiger partial charge in [0, 0.05) is 12.8 Å². The first-order valence-corrected chi connectivity index (χ1v) is 31.1. The smallest absolute Gasteiger partial charge is 0.305 e. The summed E-state index contributed by atoms with van der Waals surface area (Å²) in [5.74, 6) is -0.0285. The maximum absolute atomic E-state index is 12.4. The molecule has 0 aromatic rings. The van der Waals surface area contributed by atoms with E-state index in [0.717, 1.165) is 44.9 Å². The van der Waals surface area contributed by atoms with Crippen LogP contribution in [0.1, 0.15) is 341 Å². The van der Waals surface area contributed by atoms with Crippen molar-refractivity contribution >= 4 is 11.9 Å². The molecule has 408 valence electrons. The number of rotatable bonds is 58. The molecule has 6 heteroatoms. The van der Waals surface area contributed by atoms with Gasteiger partial charge in [-0.3, -0.25) is 9.59 Å². The molecule has 69 heavy (non-hydrogen) atoms. The number of ether oxygens (including phenoxy) is 1. The fourth-order valence-corrected chi connectivity index (χ4v) is 9.73. The van der Waals surface area contributed by atoms with Crippen LogP contribution in [-0.2, 0) is 14.3 Å². The van der Waals surface area contributed by atoms with Gasteiger partial charge in [0.2, 0.25) is 5.91 Å². The molecule has 0 saturated heterocycles. The van der Waals surface area contributed by atoms with E-state index in [2.05, 4.69) is 43.5 Å². The van der Waals surface area contributed by atoms with Crippen LogP contribution < -0.4 is 5.32 Å². The van der Waals surface area contributed by atoms with Gasteiger partial charge in [-0.25, -0.2) is 0 Å². The highest BCUT2D eigenvalue weighted by Crippen LogP contribution is 2.17. The second kappa shape index (κ2) is 58.9. The molecule has 0 bridgehead atoms. The number of esters is 1. The van der Waals surface area contributed by atoms with E-state index in [4.69, 9.17) is 4.74 Å². The SMILES string of the molecule is CCCCCCCCCCCCCCCCCCC(=O)OCCCCCCCCCCC/C=C\C/C=C\CCCCCCCCCCCC(=O)NC(CO)C(O)CCCCCCCCCCCCC. The monoisotopic (exact) mass is 972 g/mol. The molecule has 0 aliphatic rings. The van der Waals surface area contributed by atoms with Gasteiger partial charge in [0.05, 0.1) is 25.4 Å². The average molecular weight is 973 g/mol. The number of carbonyl (C=O) groups is 2. The first-order chi connectivity index (χ1) is 34.0. The van der Waals surface area contributed by atoms with Crippen molar-refractivity contribution in [3.05, 3.63) is 24.3 Å². The van der Waals surface area contributed by atoms with Gasteiger partial charge in [0.25, 0.3) is 0 Å². The van der Waals surface area contributed by atoms with Crippen molar-refractivity contribution in [1.82, 2.24) is 5.32 Å². The highest BCUT2D eigenvalue weighted by Gasteiger charge is 2.20. The van der Waals surface area contributed by atoms with Crippen molar-refractivity contribution in [3.63, 3.8) is 0 Å². The van der Waals surface area contributed by atoms with E-state index in [9.17, 15) is 19.8 Å². The normalized spacial score (nSPS) is 12.7. The van der Waals surface area contributed by atoms with Gasteiger partial charge in [-0.1, -0.05) is 295 Å². The van der Waals surface area contributed by atoms with Crippen molar-refractivity contribution in [2.24, 2.45) is 0 Å². The summed E-state index contributed by atoms with van der Waals surface area (Å²) in [5.41, 5.74) is 0. The molecule has 0 rings (SSSR count).